The topological polar surface area (TPSA) is 27.6 Å². The summed E-state index contributed by atoms with van der Waals surface area (Å²) in [6.07, 6.45) is 8.90. The molecular formula is C12H19N3. The molecule has 0 radical (unpaired) electrons. The maximum Gasteiger partial charge on any atom is 0.120 e. The van der Waals surface area contributed by atoms with Crippen molar-refractivity contribution in [1.82, 2.24) is 10.4 Å². The summed E-state index contributed by atoms with van der Waals surface area (Å²) in [7, 11) is 0. The fourth-order valence-electron chi connectivity index (χ4n) is 1.47. The molecule has 1 atom stereocenters. The van der Waals surface area contributed by atoms with Gasteiger partial charge in [-0.05, 0) is 26.0 Å². The zero-order valence-corrected chi connectivity index (χ0v) is 9.70. The minimum atomic E-state index is 0.147. The van der Waals surface area contributed by atoms with Gasteiger partial charge in [0.25, 0.3) is 0 Å². The van der Waals surface area contributed by atoms with E-state index in [0.717, 1.165) is 18.0 Å². The van der Waals surface area contributed by atoms with Crippen molar-refractivity contribution in [3.05, 3.63) is 36.6 Å². The lowest BCUT2D eigenvalue weighted by molar-refractivity contribution is 0.374. The lowest BCUT2D eigenvalue weighted by Crippen LogP contribution is -2.38. The SMILES string of the molecule is C=C/C(=C\C=C/C)N1NC(C)N=C1CC. The highest BCUT2D eigenvalue weighted by molar-refractivity contribution is 5.85. The van der Waals surface area contributed by atoms with E-state index in [1.54, 1.807) is 0 Å². The third kappa shape index (κ3) is 2.80. The van der Waals surface area contributed by atoms with E-state index in [4.69, 9.17) is 0 Å². The van der Waals surface area contributed by atoms with Crippen LogP contribution in [0.15, 0.2) is 41.6 Å². The van der Waals surface area contributed by atoms with Crippen molar-refractivity contribution in [1.29, 1.82) is 0 Å². The number of allylic oxidation sites excluding steroid dienone is 4. The number of nitrogens with zero attached hydrogens (tertiary/aromatic N) is 2. The first-order valence-electron chi connectivity index (χ1n) is 5.31. The van der Waals surface area contributed by atoms with Crippen LogP contribution in [0.4, 0.5) is 0 Å². The average molecular weight is 205 g/mol. The fraction of sp³-hybridized carbons (Fsp3) is 0.417. The van der Waals surface area contributed by atoms with Crippen LogP contribution < -0.4 is 5.43 Å². The normalized spacial score (nSPS) is 22.3. The van der Waals surface area contributed by atoms with Crippen LogP contribution in [0.5, 0.6) is 0 Å². The molecule has 3 heteroatoms. The van der Waals surface area contributed by atoms with Gasteiger partial charge in [0.05, 0.1) is 5.70 Å². The zero-order chi connectivity index (χ0) is 11.3. The molecule has 0 saturated carbocycles. The number of aliphatic imine (C=N–C) groups is 1. The summed E-state index contributed by atoms with van der Waals surface area (Å²) >= 11 is 0. The van der Waals surface area contributed by atoms with Crippen molar-refractivity contribution < 1.29 is 0 Å². The van der Waals surface area contributed by atoms with E-state index in [1.807, 2.05) is 43.2 Å². The summed E-state index contributed by atoms with van der Waals surface area (Å²) < 4.78 is 0. The zero-order valence-electron chi connectivity index (χ0n) is 9.70. The van der Waals surface area contributed by atoms with E-state index in [-0.39, 0.29) is 6.17 Å². The van der Waals surface area contributed by atoms with Crippen molar-refractivity contribution in [2.45, 2.75) is 33.4 Å². The van der Waals surface area contributed by atoms with Crippen LogP contribution in [0.3, 0.4) is 0 Å². The molecule has 1 heterocycles. The smallest absolute Gasteiger partial charge is 0.120 e. The Kier molecular flexibility index (Phi) is 4.31. The van der Waals surface area contributed by atoms with Crippen molar-refractivity contribution in [3.63, 3.8) is 0 Å². The molecule has 1 rings (SSSR count). The lowest BCUT2D eigenvalue weighted by atomic mass is 10.3. The summed E-state index contributed by atoms with van der Waals surface area (Å²) in [6.45, 7) is 9.94. The molecule has 0 aromatic carbocycles. The van der Waals surface area contributed by atoms with Gasteiger partial charge < -0.3 is 0 Å². The molecular weight excluding hydrogens is 186 g/mol. The van der Waals surface area contributed by atoms with Gasteiger partial charge in [0, 0.05) is 6.42 Å². The molecule has 0 spiro atoms. The highest BCUT2D eigenvalue weighted by Gasteiger charge is 2.21. The summed E-state index contributed by atoms with van der Waals surface area (Å²) in [5.41, 5.74) is 4.30. The second kappa shape index (κ2) is 5.51. The number of rotatable bonds is 4. The first-order chi connectivity index (χ1) is 7.22. The van der Waals surface area contributed by atoms with Gasteiger partial charge in [-0.2, -0.15) is 0 Å². The number of amidine groups is 1. The number of hydrogen-bond acceptors (Lipinski definition) is 3. The van der Waals surface area contributed by atoms with Crippen LogP contribution in [0.25, 0.3) is 0 Å². The maximum absolute atomic E-state index is 4.48. The molecule has 3 nitrogen and oxygen atoms in total. The van der Waals surface area contributed by atoms with Crippen LogP contribution in [0, 0.1) is 0 Å². The van der Waals surface area contributed by atoms with Gasteiger partial charge in [0.15, 0.2) is 0 Å². The molecule has 1 aliphatic rings. The highest BCUT2D eigenvalue weighted by atomic mass is 15.6. The van der Waals surface area contributed by atoms with Gasteiger partial charge >= 0.3 is 0 Å². The predicted octanol–water partition coefficient (Wildman–Crippen LogP) is 2.61. The van der Waals surface area contributed by atoms with Gasteiger partial charge in [0.2, 0.25) is 0 Å². The number of hydrogen-bond donors (Lipinski definition) is 1. The largest absolute Gasteiger partial charge is 0.262 e. The number of hydrazine groups is 1. The van der Waals surface area contributed by atoms with Gasteiger partial charge in [-0.15, -0.1) is 0 Å². The molecule has 0 aliphatic carbocycles. The Morgan fingerprint density at radius 1 is 1.67 bits per heavy atom. The standard InChI is InChI=1S/C12H19N3/c1-5-8-9-11(6-2)15-12(7-3)13-10(4)14-15/h5-6,8-10,14H,2,7H2,1,3-4H3/b8-5-,11-9+. The molecule has 0 aromatic rings. The summed E-state index contributed by atoms with van der Waals surface area (Å²) in [5, 5.41) is 2.00. The van der Waals surface area contributed by atoms with E-state index < -0.39 is 0 Å². The third-order valence-electron chi connectivity index (χ3n) is 2.16. The first kappa shape index (κ1) is 11.7. The van der Waals surface area contributed by atoms with Crippen LogP contribution in [0.2, 0.25) is 0 Å². The Balaban J connectivity index is 2.87. The van der Waals surface area contributed by atoms with Crippen LogP contribution in [0.1, 0.15) is 27.2 Å². The molecule has 0 bridgehead atoms. The Bertz CT molecular complexity index is 313. The van der Waals surface area contributed by atoms with Gasteiger partial charge in [0.1, 0.15) is 12.0 Å². The molecule has 1 unspecified atom stereocenters. The van der Waals surface area contributed by atoms with Crippen molar-refractivity contribution in [2.24, 2.45) is 4.99 Å². The van der Waals surface area contributed by atoms with E-state index in [1.165, 1.54) is 0 Å². The summed E-state index contributed by atoms with van der Waals surface area (Å²) in [5.74, 6) is 1.05. The first-order valence-corrected chi connectivity index (χ1v) is 5.31. The molecule has 1 aliphatic heterocycles. The van der Waals surface area contributed by atoms with E-state index in [0.29, 0.717) is 0 Å². The molecule has 82 valence electrons. The van der Waals surface area contributed by atoms with E-state index >= 15 is 0 Å². The minimum Gasteiger partial charge on any atom is -0.262 e. The molecule has 15 heavy (non-hydrogen) atoms. The van der Waals surface area contributed by atoms with Gasteiger partial charge in [-0.25, -0.2) is 5.43 Å². The monoisotopic (exact) mass is 205 g/mol. The summed E-state index contributed by atoms with van der Waals surface area (Å²) in [4.78, 5) is 4.48. The molecule has 0 aromatic heterocycles. The molecule has 0 fully saturated rings. The summed E-state index contributed by atoms with van der Waals surface area (Å²) in [6, 6.07) is 0. The minimum absolute atomic E-state index is 0.147. The molecule has 0 saturated heterocycles. The predicted molar refractivity (Wildman–Crippen MR) is 65.3 cm³/mol. The second-order valence-corrected chi connectivity index (χ2v) is 3.36. The van der Waals surface area contributed by atoms with Crippen LogP contribution in [-0.4, -0.2) is 17.0 Å². The van der Waals surface area contributed by atoms with Crippen LogP contribution >= 0.6 is 0 Å². The van der Waals surface area contributed by atoms with E-state index in [9.17, 15) is 0 Å². The van der Waals surface area contributed by atoms with Crippen molar-refractivity contribution in [2.75, 3.05) is 0 Å². The Hall–Kier alpha value is -1.35. The number of nitrogens with one attached hydrogen (secondary N) is 1. The van der Waals surface area contributed by atoms with Gasteiger partial charge in [-0.1, -0.05) is 25.7 Å². The quantitative estimate of drug-likeness (QED) is 0.714. The second-order valence-electron chi connectivity index (χ2n) is 3.36. The highest BCUT2D eigenvalue weighted by Crippen LogP contribution is 2.13. The van der Waals surface area contributed by atoms with Crippen LogP contribution in [-0.2, 0) is 0 Å². The van der Waals surface area contributed by atoms with Crippen molar-refractivity contribution >= 4 is 5.84 Å². The van der Waals surface area contributed by atoms with Gasteiger partial charge in [-0.3, -0.25) is 10.0 Å². The lowest BCUT2D eigenvalue weighted by Gasteiger charge is -2.21. The Labute approximate surface area is 91.9 Å². The molecule has 0 amide bonds. The average Bonchev–Trinajstić information content (AvgIpc) is 2.61. The van der Waals surface area contributed by atoms with E-state index in [2.05, 4.69) is 23.9 Å². The maximum atomic E-state index is 4.48. The Morgan fingerprint density at radius 3 is 2.93 bits per heavy atom. The molecule has 1 N–H and O–H groups in total. The third-order valence-corrected chi connectivity index (χ3v) is 2.16. The fourth-order valence-corrected chi connectivity index (χ4v) is 1.47. The Morgan fingerprint density at radius 2 is 2.40 bits per heavy atom. The van der Waals surface area contributed by atoms with Crippen molar-refractivity contribution in [3.8, 4) is 0 Å².